The average molecular weight is 429 g/mol. The van der Waals surface area contributed by atoms with Crippen molar-refractivity contribution in [1.82, 2.24) is 19.2 Å². The molecule has 31 heavy (non-hydrogen) atoms. The lowest BCUT2D eigenvalue weighted by molar-refractivity contribution is -0.0860. The van der Waals surface area contributed by atoms with Gasteiger partial charge >= 0.3 is 11.1 Å². The maximum Gasteiger partial charge on any atom is 0.332 e. The number of fused-ring (bicyclic) bond motifs is 1. The molecule has 1 aromatic heterocycles. The fraction of sp³-hybridized carbons (Fsp3) is 0.609. The normalized spacial score (nSPS) is 24.5. The first kappa shape index (κ1) is 20.6. The van der Waals surface area contributed by atoms with Crippen molar-refractivity contribution in [3.8, 4) is 0 Å². The van der Waals surface area contributed by atoms with Crippen LogP contribution in [-0.2, 0) is 31.0 Å². The van der Waals surface area contributed by atoms with Gasteiger partial charge in [0.05, 0.1) is 6.54 Å². The van der Waals surface area contributed by atoms with Crippen molar-refractivity contribution < 1.29 is 9.13 Å². The molecule has 1 spiro atoms. The minimum absolute atomic E-state index is 0.241. The third-order valence-corrected chi connectivity index (χ3v) is 7.03. The lowest BCUT2D eigenvalue weighted by Gasteiger charge is -2.35. The number of benzene rings is 1. The van der Waals surface area contributed by atoms with E-state index in [0.717, 1.165) is 31.4 Å². The smallest absolute Gasteiger partial charge is 0.332 e. The van der Waals surface area contributed by atoms with E-state index in [1.165, 1.54) is 40.6 Å². The zero-order chi connectivity index (χ0) is 21.4. The Labute approximate surface area is 180 Å². The van der Waals surface area contributed by atoms with Crippen LogP contribution in [0.15, 0.2) is 33.9 Å². The largest absolute Gasteiger partial charge is 0.364 e. The molecule has 0 bridgehead atoms. The van der Waals surface area contributed by atoms with Crippen molar-refractivity contribution in [3.05, 3.63) is 62.2 Å². The van der Waals surface area contributed by atoms with Gasteiger partial charge in [0, 0.05) is 26.2 Å². The highest BCUT2D eigenvalue weighted by atomic mass is 19.1. The minimum atomic E-state index is -0.521. The highest BCUT2D eigenvalue weighted by Gasteiger charge is 2.43. The number of likely N-dealkylation sites (tertiary alicyclic amines) is 1. The number of ether oxygens (including phenoxy) is 1. The minimum Gasteiger partial charge on any atom is -0.364 e. The zero-order valence-corrected chi connectivity index (χ0v) is 17.8. The summed E-state index contributed by atoms with van der Waals surface area (Å²) in [5.41, 5.74) is -0.451. The van der Waals surface area contributed by atoms with Crippen molar-refractivity contribution in [2.45, 2.75) is 70.4 Å². The van der Waals surface area contributed by atoms with Crippen molar-refractivity contribution in [2.75, 3.05) is 13.1 Å². The Kier molecular flexibility index (Phi) is 5.52. The van der Waals surface area contributed by atoms with Crippen molar-refractivity contribution >= 4 is 0 Å². The SMILES string of the molecule is O=c1c(=O)n2c(nn1CC1CCCCC1)CO[C@@]1(CCN(Cc3ccc(F)cc3)C1)C2. The maximum absolute atomic E-state index is 13.2. The molecule has 1 saturated carbocycles. The molecule has 3 heterocycles. The fourth-order valence-electron chi connectivity index (χ4n) is 5.30. The van der Waals surface area contributed by atoms with E-state index in [4.69, 9.17) is 4.74 Å². The Balaban J connectivity index is 1.31. The molecule has 0 amide bonds. The third kappa shape index (κ3) is 4.23. The molecule has 2 aromatic rings. The van der Waals surface area contributed by atoms with Gasteiger partial charge in [0.2, 0.25) is 0 Å². The predicted octanol–water partition coefficient (Wildman–Crippen LogP) is 2.30. The molecule has 1 saturated heterocycles. The van der Waals surface area contributed by atoms with Crippen LogP contribution in [0.25, 0.3) is 0 Å². The highest BCUT2D eigenvalue weighted by molar-refractivity contribution is 5.16. The van der Waals surface area contributed by atoms with Crippen LogP contribution in [0.1, 0.15) is 49.9 Å². The van der Waals surface area contributed by atoms with Gasteiger partial charge in [-0.2, -0.15) is 5.10 Å². The quantitative estimate of drug-likeness (QED) is 0.699. The molecule has 0 N–H and O–H groups in total. The van der Waals surface area contributed by atoms with Gasteiger partial charge in [0.25, 0.3) is 0 Å². The first-order chi connectivity index (χ1) is 15.0. The Morgan fingerprint density at radius 2 is 1.84 bits per heavy atom. The Bertz CT molecular complexity index is 1060. The molecule has 3 aliphatic rings. The summed E-state index contributed by atoms with van der Waals surface area (Å²) in [6.07, 6.45) is 6.59. The predicted molar refractivity (Wildman–Crippen MR) is 113 cm³/mol. The molecule has 5 rings (SSSR count). The van der Waals surface area contributed by atoms with E-state index in [0.29, 0.717) is 37.9 Å². The first-order valence-corrected chi connectivity index (χ1v) is 11.3. The van der Waals surface area contributed by atoms with Crippen LogP contribution in [0.4, 0.5) is 4.39 Å². The molecule has 7 nitrogen and oxygen atoms in total. The molecule has 8 heteroatoms. The van der Waals surface area contributed by atoms with Crippen LogP contribution in [0.5, 0.6) is 0 Å². The second kappa shape index (κ2) is 8.31. The van der Waals surface area contributed by atoms with Gasteiger partial charge in [-0.25, -0.2) is 9.07 Å². The van der Waals surface area contributed by atoms with Gasteiger partial charge in [-0.1, -0.05) is 31.4 Å². The Hall–Kier alpha value is -2.32. The van der Waals surface area contributed by atoms with Gasteiger partial charge in [-0.15, -0.1) is 0 Å². The van der Waals surface area contributed by atoms with Crippen molar-refractivity contribution in [3.63, 3.8) is 0 Å². The van der Waals surface area contributed by atoms with E-state index in [-0.39, 0.29) is 12.4 Å². The number of aromatic nitrogens is 3. The summed E-state index contributed by atoms with van der Waals surface area (Å²) in [6, 6.07) is 6.53. The van der Waals surface area contributed by atoms with E-state index >= 15 is 0 Å². The Morgan fingerprint density at radius 1 is 1.06 bits per heavy atom. The monoisotopic (exact) mass is 428 g/mol. The summed E-state index contributed by atoms with van der Waals surface area (Å²) in [4.78, 5) is 27.9. The fourth-order valence-corrected chi connectivity index (χ4v) is 5.30. The lowest BCUT2D eigenvalue weighted by Crippen LogP contribution is -2.53. The zero-order valence-electron chi connectivity index (χ0n) is 17.8. The molecule has 1 aromatic carbocycles. The van der Waals surface area contributed by atoms with Crippen LogP contribution in [-0.4, -0.2) is 37.9 Å². The average Bonchev–Trinajstić information content (AvgIpc) is 3.17. The van der Waals surface area contributed by atoms with Gasteiger partial charge in [0.1, 0.15) is 18.0 Å². The molecular weight excluding hydrogens is 399 g/mol. The third-order valence-electron chi connectivity index (χ3n) is 7.03. The summed E-state index contributed by atoms with van der Waals surface area (Å²) in [7, 11) is 0. The second-order valence-electron chi connectivity index (χ2n) is 9.36. The summed E-state index contributed by atoms with van der Waals surface area (Å²) in [6.45, 7) is 3.32. The second-order valence-corrected chi connectivity index (χ2v) is 9.36. The van der Waals surface area contributed by atoms with E-state index in [1.807, 2.05) is 0 Å². The molecule has 2 aliphatic heterocycles. The lowest BCUT2D eigenvalue weighted by atomic mass is 9.89. The maximum atomic E-state index is 13.2. The van der Waals surface area contributed by atoms with Crippen LogP contribution in [0, 0.1) is 11.7 Å². The summed E-state index contributed by atoms with van der Waals surface area (Å²) in [5.74, 6) is 0.727. The van der Waals surface area contributed by atoms with Crippen LogP contribution >= 0.6 is 0 Å². The number of hydrogen-bond acceptors (Lipinski definition) is 5. The topological polar surface area (TPSA) is 69.4 Å². The van der Waals surface area contributed by atoms with Crippen LogP contribution in [0.2, 0.25) is 0 Å². The molecular formula is C23H29FN4O3. The Morgan fingerprint density at radius 3 is 2.61 bits per heavy atom. The summed E-state index contributed by atoms with van der Waals surface area (Å²) in [5, 5.41) is 4.51. The van der Waals surface area contributed by atoms with E-state index in [1.54, 1.807) is 12.1 Å². The van der Waals surface area contributed by atoms with Gasteiger partial charge < -0.3 is 4.74 Å². The molecule has 0 unspecified atom stereocenters. The molecule has 1 aliphatic carbocycles. The van der Waals surface area contributed by atoms with Gasteiger partial charge in [-0.05, 0) is 42.9 Å². The molecule has 0 radical (unpaired) electrons. The van der Waals surface area contributed by atoms with E-state index in [2.05, 4.69) is 10.00 Å². The van der Waals surface area contributed by atoms with Crippen LogP contribution < -0.4 is 11.1 Å². The number of halogens is 1. The van der Waals surface area contributed by atoms with Crippen molar-refractivity contribution in [1.29, 1.82) is 0 Å². The van der Waals surface area contributed by atoms with Gasteiger partial charge in [0.15, 0.2) is 5.82 Å². The van der Waals surface area contributed by atoms with Crippen LogP contribution in [0.3, 0.4) is 0 Å². The first-order valence-electron chi connectivity index (χ1n) is 11.3. The van der Waals surface area contributed by atoms with E-state index in [9.17, 15) is 14.0 Å². The van der Waals surface area contributed by atoms with Gasteiger partial charge in [-0.3, -0.25) is 19.1 Å². The molecule has 2 fully saturated rings. The summed E-state index contributed by atoms with van der Waals surface area (Å²) >= 11 is 0. The summed E-state index contributed by atoms with van der Waals surface area (Å²) < 4.78 is 22.3. The highest BCUT2D eigenvalue weighted by Crippen LogP contribution is 2.32. The number of nitrogens with zero attached hydrogens (tertiary/aromatic N) is 4. The number of rotatable bonds is 4. The number of hydrogen-bond donors (Lipinski definition) is 0. The van der Waals surface area contributed by atoms with E-state index < -0.39 is 16.7 Å². The molecule has 166 valence electrons. The van der Waals surface area contributed by atoms with Crippen molar-refractivity contribution in [2.24, 2.45) is 5.92 Å². The standard InChI is InChI=1S/C23H29FN4O3/c24-19-8-6-18(7-9-19)12-26-11-10-23(15-26)16-27-20(14-31-23)25-28(22(30)21(27)29)13-17-4-2-1-3-5-17/h6-9,17H,1-5,10-16H2/t23-/m1/s1. The molecule has 1 atom stereocenters.